The summed E-state index contributed by atoms with van der Waals surface area (Å²) in [4.78, 5) is 24.7. The van der Waals surface area contributed by atoms with E-state index >= 15 is 0 Å². The minimum absolute atomic E-state index is 0.0370. The summed E-state index contributed by atoms with van der Waals surface area (Å²) in [5.74, 6) is 1.07. The summed E-state index contributed by atoms with van der Waals surface area (Å²) < 4.78 is 16.6. The van der Waals surface area contributed by atoms with E-state index < -0.39 is 17.4 Å². The van der Waals surface area contributed by atoms with Crippen molar-refractivity contribution in [1.82, 2.24) is 19.6 Å². The van der Waals surface area contributed by atoms with Crippen molar-refractivity contribution in [2.75, 3.05) is 19.6 Å². The van der Waals surface area contributed by atoms with Gasteiger partial charge in [-0.1, -0.05) is 30.3 Å². The molecule has 4 rings (SSSR count). The fraction of sp³-hybridized carbons (Fsp3) is 0.357. The van der Waals surface area contributed by atoms with Crippen molar-refractivity contribution in [3.63, 3.8) is 0 Å². The summed E-state index contributed by atoms with van der Waals surface area (Å²) in [5.41, 5.74) is 14.4. The molecule has 3 aromatic rings. The van der Waals surface area contributed by atoms with Crippen LogP contribution in [0.2, 0.25) is 0 Å². The van der Waals surface area contributed by atoms with Gasteiger partial charge in [0, 0.05) is 42.9 Å². The van der Waals surface area contributed by atoms with Gasteiger partial charge < -0.3 is 20.9 Å². The number of rotatable bonds is 10. The van der Waals surface area contributed by atoms with Crippen molar-refractivity contribution in [3.05, 3.63) is 77.7 Å². The highest BCUT2D eigenvalue weighted by molar-refractivity contribution is 7.89. The third-order valence-corrected chi connectivity index (χ3v) is 8.03. The fourth-order valence-corrected chi connectivity index (χ4v) is 5.78. The largest absolute Gasteiger partial charge is 0.593 e. The number of benzene rings is 2. The molecule has 1 fully saturated rings. The summed E-state index contributed by atoms with van der Waals surface area (Å²) >= 11 is -1.65. The molecule has 1 aliphatic heterocycles. The van der Waals surface area contributed by atoms with Crippen LogP contribution in [0.4, 0.5) is 0 Å². The Balaban J connectivity index is 1.55. The number of piperidine rings is 1. The molecule has 38 heavy (non-hydrogen) atoms. The van der Waals surface area contributed by atoms with E-state index in [0.29, 0.717) is 48.3 Å². The molecule has 2 heterocycles. The summed E-state index contributed by atoms with van der Waals surface area (Å²) in [5, 5.41) is 7.76. The maximum Gasteiger partial charge on any atom is 0.244 e. The van der Waals surface area contributed by atoms with Crippen LogP contribution < -0.4 is 16.2 Å². The number of nitrogens with zero attached hydrogens (tertiary/aromatic N) is 3. The van der Waals surface area contributed by atoms with E-state index in [2.05, 4.69) is 14.7 Å². The first kappa shape index (κ1) is 27.7. The van der Waals surface area contributed by atoms with E-state index in [-0.39, 0.29) is 11.7 Å². The molecule has 1 aliphatic rings. The SMILES string of the molecule is Cc1nccc(-c2cccc([S+]([O-])N[C@@H](Cc3cccc(C(=N)N)c3)C(=O)N3CCC(CCN)CC3)c2)n1. The Morgan fingerprint density at radius 3 is 2.68 bits per heavy atom. The van der Waals surface area contributed by atoms with Crippen LogP contribution in [0, 0.1) is 18.3 Å². The number of nitrogens with two attached hydrogens (primary N) is 2. The van der Waals surface area contributed by atoms with Gasteiger partial charge in [-0.25, -0.2) is 9.97 Å². The van der Waals surface area contributed by atoms with Gasteiger partial charge in [0.15, 0.2) is 4.90 Å². The van der Waals surface area contributed by atoms with Crippen molar-refractivity contribution >= 4 is 23.1 Å². The average Bonchev–Trinajstić information content (AvgIpc) is 2.93. The summed E-state index contributed by atoms with van der Waals surface area (Å²) in [7, 11) is 0. The van der Waals surface area contributed by atoms with Crippen LogP contribution in [0.25, 0.3) is 11.3 Å². The predicted molar refractivity (Wildman–Crippen MR) is 150 cm³/mol. The summed E-state index contributed by atoms with van der Waals surface area (Å²) in [6.07, 6.45) is 4.81. The zero-order chi connectivity index (χ0) is 27.1. The van der Waals surface area contributed by atoms with Gasteiger partial charge in [0.25, 0.3) is 0 Å². The van der Waals surface area contributed by atoms with Crippen LogP contribution in [-0.2, 0) is 22.6 Å². The third kappa shape index (κ3) is 7.16. The fourth-order valence-electron chi connectivity index (χ4n) is 4.76. The number of likely N-dealkylation sites (tertiary alicyclic amines) is 1. The number of amides is 1. The Bertz CT molecular complexity index is 1260. The molecule has 2 aromatic carbocycles. The molecule has 1 amide bonds. The minimum atomic E-state index is -1.65. The van der Waals surface area contributed by atoms with Gasteiger partial charge in [-0.3, -0.25) is 10.2 Å². The first-order chi connectivity index (χ1) is 18.3. The average molecular weight is 534 g/mol. The molecule has 1 saturated heterocycles. The second kappa shape index (κ2) is 13.0. The molecule has 9 nitrogen and oxygen atoms in total. The smallest absolute Gasteiger partial charge is 0.244 e. The van der Waals surface area contributed by atoms with Gasteiger partial charge in [0.05, 0.1) is 17.1 Å². The Labute approximate surface area is 226 Å². The number of hydrogen-bond donors (Lipinski definition) is 4. The monoisotopic (exact) mass is 533 g/mol. The van der Waals surface area contributed by atoms with Gasteiger partial charge in [0.1, 0.15) is 17.7 Å². The molecule has 0 bridgehead atoms. The number of hydrogen-bond acceptors (Lipinski definition) is 7. The van der Waals surface area contributed by atoms with Crippen LogP contribution >= 0.6 is 0 Å². The first-order valence-electron chi connectivity index (χ1n) is 12.8. The topological polar surface area (TPSA) is 157 Å². The number of nitrogens with one attached hydrogen (secondary N) is 2. The lowest BCUT2D eigenvalue weighted by atomic mass is 9.93. The highest BCUT2D eigenvalue weighted by atomic mass is 32.2. The molecule has 10 heteroatoms. The van der Waals surface area contributed by atoms with E-state index in [4.69, 9.17) is 16.9 Å². The normalized spacial score (nSPS) is 15.7. The van der Waals surface area contributed by atoms with E-state index in [1.54, 1.807) is 24.4 Å². The number of aryl methyl sites for hydroxylation is 1. The van der Waals surface area contributed by atoms with Gasteiger partial charge in [-0.2, -0.15) is 0 Å². The molecule has 200 valence electrons. The highest BCUT2D eigenvalue weighted by Gasteiger charge is 2.32. The van der Waals surface area contributed by atoms with Gasteiger partial charge >= 0.3 is 0 Å². The van der Waals surface area contributed by atoms with Crippen LogP contribution in [0.1, 0.15) is 36.2 Å². The number of aromatic nitrogens is 2. The molecule has 0 radical (unpaired) electrons. The molecule has 2 atom stereocenters. The van der Waals surface area contributed by atoms with Crippen LogP contribution in [0.5, 0.6) is 0 Å². The Morgan fingerprint density at radius 1 is 1.21 bits per heavy atom. The standard InChI is InChI=1S/C28H35N7O2S/c1-19-32-13-9-25(33-19)22-5-3-7-24(18-22)38(37)34-26(17-21-4-2-6-23(16-21)27(30)31)28(36)35-14-10-20(8-12-29)11-15-35/h2-7,9,13,16,18,20,26,34H,8,10-12,14-15,17,29H2,1H3,(H3,30,31)/t26-,38?/m0/s1. The van der Waals surface area contributed by atoms with Gasteiger partial charge in [-0.05, 0) is 62.4 Å². The lowest BCUT2D eigenvalue weighted by Gasteiger charge is -2.34. The maximum atomic E-state index is 13.7. The minimum Gasteiger partial charge on any atom is -0.593 e. The van der Waals surface area contributed by atoms with E-state index in [1.807, 2.05) is 48.2 Å². The van der Waals surface area contributed by atoms with E-state index in [9.17, 15) is 9.35 Å². The van der Waals surface area contributed by atoms with Crippen molar-refractivity contribution < 1.29 is 9.35 Å². The van der Waals surface area contributed by atoms with E-state index in [1.165, 1.54) is 0 Å². The summed E-state index contributed by atoms with van der Waals surface area (Å²) in [6, 6.07) is 15.7. The Hall–Kier alpha value is -3.31. The lowest BCUT2D eigenvalue weighted by molar-refractivity contribution is -0.134. The van der Waals surface area contributed by atoms with Crippen LogP contribution in [-0.4, -0.2) is 56.8 Å². The lowest BCUT2D eigenvalue weighted by Crippen LogP contribution is -2.51. The molecular formula is C28H35N7O2S. The quantitative estimate of drug-likeness (QED) is 0.177. The summed E-state index contributed by atoms with van der Waals surface area (Å²) in [6.45, 7) is 3.79. The highest BCUT2D eigenvalue weighted by Crippen LogP contribution is 2.23. The molecule has 1 aromatic heterocycles. The molecule has 1 unspecified atom stereocenters. The number of nitrogen functional groups attached to an aromatic ring is 1. The predicted octanol–water partition coefficient (Wildman–Crippen LogP) is 2.55. The maximum absolute atomic E-state index is 13.7. The first-order valence-corrected chi connectivity index (χ1v) is 14.0. The third-order valence-electron chi connectivity index (χ3n) is 6.85. The second-order valence-electron chi connectivity index (χ2n) is 9.62. The molecule has 0 aliphatic carbocycles. The van der Waals surface area contributed by atoms with Crippen molar-refractivity contribution in [2.24, 2.45) is 17.4 Å². The molecule has 0 saturated carbocycles. The number of amidine groups is 1. The zero-order valence-electron chi connectivity index (χ0n) is 21.6. The van der Waals surface area contributed by atoms with Gasteiger partial charge in [0.2, 0.25) is 5.91 Å². The van der Waals surface area contributed by atoms with Gasteiger partial charge in [-0.15, -0.1) is 4.72 Å². The van der Waals surface area contributed by atoms with Crippen molar-refractivity contribution in [2.45, 2.75) is 43.5 Å². The van der Waals surface area contributed by atoms with E-state index in [0.717, 1.165) is 36.1 Å². The van der Waals surface area contributed by atoms with Crippen molar-refractivity contribution in [3.8, 4) is 11.3 Å². The number of carbonyl (C=O) groups excluding carboxylic acids is 1. The van der Waals surface area contributed by atoms with Crippen molar-refractivity contribution in [1.29, 1.82) is 5.41 Å². The Morgan fingerprint density at radius 2 is 1.97 bits per heavy atom. The Kier molecular flexibility index (Phi) is 9.46. The molecule has 0 spiro atoms. The second-order valence-corrected chi connectivity index (χ2v) is 10.9. The zero-order valence-corrected chi connectivity index (χ0v) is 22.4. The van der Waals surface area contributed by atoms with Crippen LogP contribution in [0.15, 0.2) is 65.7 Å². The molecular weight excluding hydrogens is 498 g/mol. The number of carbonyl (C=O) groups is 1. The molecule has 6 N–H and O–H groups in total. The van der Waals surface area contributed by atoms with Crippen LogP contribution in [0.3, 0.4) is 0 Å².